The predicted octanol–water partition coefficient (Wildman–Crippen LogP) is 5.71. The van der Waals surface area contributed by atoms with Crippen molar-refractivity contribution in [3.05, 3.63) is 99.3 Å². The van der Waals surface area contributed by atoms with Gasteiger partial charge in [0, 0.05) is 41.9 Å². The molecule has 1 unspecified atom stereocenters. The van der Waals surface area contributed by atoms with E-state index in [1.807, 2.05) is 6.07 Å². The Morgan fingerprint density at radius 1 is 1.12 bits per heavy atom. The largest absolute Gasteiger partial charge is 0.424 e. The van der Waals surface area contributed by atoms with Crippen LogP contribution in [0.25, 0.3) is 10.9 Å². The average molecular weight is 463 g/mol. The molecular weight excluding hydrogens is 444 g/mol. The third-order valence-electron chi connectivity index (χ3n) is 5.01. The molecule has 0 aliphatic rings. The number of nitro groups is 1. The first-order chi connectivity index (χ1) is 16.0. The Kier molecular flexibility index (Phi) is 6.46. The molecule has 0 aliphatic carbocycles. The van der Waals surface area contributed by atoms with Gasteiger partial charge in [-0.15, -0.1) is 0 Å². The number of hydrogen-bond acceptors (Lipinski definition) is 7. The summed E-state index contributed by atoms with van der Waals surface area (Å²) in [7, 11) is 0. The fourth-order valence-electron chi connectivity index (χ4n) is 3.46. The summed E-state index contributed by atoms with van der Waals surface area (Å²) in [5, 5.41) is 15.7. The maximum absolute atomic E-state index is 12.3. The predicted molar refractivity (Wildman–Crippen MR) is 125 cm³/mol. The lowest BCUT2D eigenvalue weighted by Gasteiger charge is -2.24. The summed E-state index contributed by atoms with van der Waals surface area (Å²) in [6.45, 7) is 1.69. The molecule has 0 saturated heterocycles. The number of carbonyl (C=O) groups excluding carboxylic acids is 1. The number of nitrogens with one attached hydrogen (secondary N) is 1. The van der Waals surface area contributed by atoms with Crippen molar-refractivity contribution in [3.8, 4) is 5.75 Å². The minimum absolute atomic E-state index is 0.0718. The molecule has 4 rings (SSSR count). The Bertz CT molecular complexity index is 1330. The quantitative estimate of drug-likeness (QED) is 0.162. The second-order valence-electron chi connectivity index (χ2n) is 7.15. The molecule has 166 valence electrons. The standard InChI is InChI=1S/C24H19ClN4O4/c1-2-21(30)33-24-18(14-19(25)17-9-6-12-27-23(17)24)22(28-20-10-3-4-11-26-20)15-7-5-8-16(13-15)29(31)32/h3-14,22H,2H2,1H3,(H,26,28). The number of esters is 1. The summed E-state index contributed by atoms with van der Waals surface area (Å²) in [5.74, 6) is 0.321. The molecule has 0 aliphatic heterocycles. The van der Waals surface area contributed by atoms with Gasteiger partial charge in [0.15, 0.2) is 5.75 Å². The smallest absolute Gasteiger partial charge is 0.310 e. The lowest BCUT2D eigenvalue weighted by molar-refractivity contribution is -0.384. The molecule has 8 nitrogen and oxygen atoms in total. The van der Waals surface area contributed by atoms with Gasteiger partial charge in [-0.3, -0.25) is 19.9 Å². The molecular formula is C24H19ClN4O4. The fourth-order valence-corrected chi connectivity index (χ4v) is 3.73. The Morgan fingerprint density at radius 3 is 2.67 bits per heavy atom. The molecule has 33 heavy (non-hydrogen) atoms. The summed E-state index contributed by atoms with van der Waals surface area (Å²) >= 11 is 6.59. The maximum Gasteiger partial charge on any atom is 0.310 e. The van der Waals surface area contributed by atoms with Crippen LogP contribution in [0.3, 0.4) is 0 Å². The van der Waals surface area contributed by atoms with E-state index in [4.69, 9.17) is 16.3 Å². The summed E-state index contributed by atoms with van der Waals surface area (Å²) in [4.78, 5) is 32.0. The molecule has 2 heterocycles. The van der Waals surface area contributed by atoms with Crippen molar-refractivity contribution in [1.82, 2.24) is 9.97 Å². The Morgan fingerprint density at radius 2 is 1.94 bits per heavy atom. The van der Waals surface area contributed by atoms with Crippen molar-refractivity contribution >= 4 is 40.0 Å². The number of pyridine rings is 2. The van der Waals surface area contributed by atoms with Gasteiger partial charge in [0.05, 0.1) is 16.0 Å². The molecule has 0 saturated carbocycles. The maximum atomic E-state index is 12.3. The lowest BCUT2D eigenvalue weighted by Crippen LogP contribution is -2.17. The molecule has 0 amide bonds. The van der Waals surface area contributed by atoms with Crippen LogP contribution in [0.1, 0.15) is 30.5 Å². The van der Waals surface area contributed by atoms with Gasteiger partial charge >= 0.3 is 5.97 Å². The number of rotatable bonds is 7. The van der Waals surface area contributed by atoms with Crippen molar-refractivity contribution < 1.29 is 14.5 Å². The zero-order valence-corrected chi connectivity index (χ0v) is 18.3. The number of nitrogens with zero attached hydrogens (tertiary/aromatic N) is 3. The summed E-state index contributed by atoms with van der Waals surface area (Å²) in [6, 6.07) is 16.1. The Balaban J connectivity index is 1.97. The number of benzene rings is 2. The van der Waals surface area contributed by atoms with Gasteiger partial charge in [-0.05, 0) is 35.9 Å². The minimum Gasteiger partial charge on any atom is -0.424 e. The molecule has 0 fully saturated rings. The summed E-state index contributed by atoms with van der Waals surface area (Å²) < 4.78 is 5.73. The van der Waals surface area contributed by atoms with Crippen LogP contribution in [-0.2, 0) is 4.79 Å². The molecule has 9 heteroatoms. The zero-order valence-electron chi connectivity index (χ0n) is 17.6. The first kappa shape index (κ1) is 22.2. The lowest BCUT2D eigenvalue weighted by atomic mass is 9.95. The van der Waals surface area contributed by atoms with E-state index in [0.717, 1.165) is 0 Å². The van der Waals surface area contributed by atoms with Gasteiger partial charge in [-0.1, -0.05) is 36.7 Å². The average Bonchev–Trinajstić information content (AvgIpc) is 2.85. The highest BCUT2D eigenvalue weighted by molar-refractivity contribution is 6.35. The highest BCUT2D eigenvalue weighted by atomic mass is 35.5. The number of halogens is 1. The van der Waals surface area contributed by atoms with Crippen LogP contribution >= 0.6 is 11.6 Å². The number of fused-ring (bicyclic) bond motifs is 1. The van der Waals surface area contributed by atoms with Crippen LogP contribution in [0.2, 0.25) is 5.02 Å². The van der Waals surface area contributed by atoms with Crippen molar-refractivity contribution in [1.29, 1.82) is 0 Å². The van der Waals surface area contributed by atoms with E-state index in [9.17, 15) is 14.9 Å². The van der Waals surface area contributed by atoms with Crippen LogP contribution in [0, 0.1) is 10.1 Å². The second-order valence-corrected chi connectivity index (χ2v) is 7.56. The molecule has 0 bridgehead atoms. The van der Waals surface area contributed by atoms with Gasteiger partial charge in [0.25, 0.3) is 5.69 Å². The van der Waals surface area contributed by atoms with E-state index < -0.39 is 16.9 Å². The summed E-state index contributed by atoms with van der Waals surface area (Å²) in [6.07, 6.45) is 3.37. The van der Waals surface area contributed by atoms with Crippen LogP contribution in [-0.4, -0.2) is 20.9 Å². The van der Waals surface area contributed by atoms with E-state index in [1.165, 1.54) is 12.1 Å². The molecule has 0 radical (unpaired) electrons. The van der Waals surface area contributed by atoms with E-state index >= 15 is 0 Å². The SMILES string of the molecule is CCC(=O)Oc1c(C(Nc2ccccn2)c2cccc([N+](=O)[O-])c2)cc(Cl)c2cccnc12. The Hall–Kier alpha value is -4.04. The number of aromatic nitrogens is 2. The molecule has 2 aromatic carbocycles. The number of hydrogen-bond donors (Lipinski definition) is 1. The van der Waals surface area contributed by atoms with Gasteiger partial charge in [0.2, 0.25) is 0 Å². The first-order valence-corrected chi connectivity index (χ1v) is 10.6. The van der Waals surface area contributed by atoms with E-state index in [1.54, 1.807) is 61.8 Å². The van der Waals surface area contributed by atoms with Crippen molar-refractivity contribution in [2.24, 2.45) is 0 Å². The molecule has 2 aromatic heterocycles. The Labute approximate surface area is 194 Å². The number of carbonyl (C=O) groups is 1. The number of non-ortho nitro benzene ring substituents is 1. The topological polar surface area (TPSA) is 107 Å². The van der Waals surface area contributed by atoms with Crippen molar-refractivity contribution in [3.63, 3.8) is 0 Å². The highest BCUT2D eigenvalue weighted by Gasteiger charge is 2.26. The third-order valence-corrected chi connectivity index (χ3v) is 5.32. The monoisotopic (exact) mass is 462 g/mol. The van der Waals surface area contributed by atoms with E-state index in [0.29, 0.717) is 32.9 Å². The zero-order chi connectivity index (χ0) is 23.4. The van der Waals surface area contributed by atoms with Gasteiger partial charge in [-0.25, -0.2) is 4.98 Å². The fraction of sp³-hybridized carbons (Fsp3) is 0.125. The van der Waals surface area contributed by atoms with Crippen molar-refractivity contribution in [2.45, 2.75) is 19.4 Å². The van der Waals surface area contributed by atoms with Gasteiger partial charge in [0.1, 0.15) is 11.3 Å². The highest BCUT2D eigenvalue weighted by Crippen LogP contribution is 2.41. The number of ether oxygens (including phenoxy) is 1. The molecule has 1 atom stereocenters. The van der Waals surface area contributed by atoms with Crippen LogP contribution < -0.4 is 10.1 Å². The van der Waals surface area contributed by atoms with Gasteiger partial charge < -0.3 is 10.1 Å². The number of nitro benzene ring substituents is 1. The minimum atomic E-state index is -0.677. The first-order valence-electron chi connectivity index (χ1n) is 10.2. The third kappa shape index (κ3) is 4.75. The molecule has 1 N–H and O–H groups in total. The van der Waals surface area contributed by atoms with Crippen LogP contribution in [0.4, 0.5) is 11.5 Å². The summed E-state index contributed by atoms with van der Waals surface area (Å²) in [5.41, 5.74) is 1.41. The molecule has 4 aromatic rings. The normalized spacial score (nSPS) is 11.7. The second kappa shape index (κ2) is 9.62. The van der Waals surface area contributed by atoms with Gasteiger partial charge in [-0.2, -0.15) is 0 Å². The van der Waals surface area contributed by atoms with E-state index in [-0.39, 0.29) is 17.9 Å². The van der Waals surface area contributed by atoms with Crippen LogP contribution in [0.15, 0.2) is 73.1 Å². The van der Waals surface area contributed by atoms with Crippen molar-refractivity contribution in [2.75, 3.05) is 5.32 Å². The molecule has 0 spiro atoms. The van der Waals surface area contributed by atoms with E-state index in [2.05, 4.69) is 15.3 Å². The van der Waals surface area contributed by atoms with Crippen LogP contribution in [0.5, 0.6) is 5.75 Å². The number of anilines is 1.